The summed E-state index contributed by atoms with van der Waals surface area (Å²) in [5.74, 6) is -1.84. The molecule has 4 rings (SSSR count). The van der Waals surface area contributed by atoms with Crippen LogP contribution >= 0.6 is 0 Å². The molecule has 0 aromatic heterocycles. The van der Waals surface area contributed by atoms with Crippen LogP contribution in [-0.2, 0) is 55.9 Å². The predicted octanol–water partition coefficient (Wildman–Crippen LogP) is 5.24. The van der Waals surface area contributed by atoms with Crippen LogP contribution in [0.5, 0.6) is 0 Å². The second kappa shape index (κ2) is 19.2. The van der Waals surface area contributed by atoms with Gasteiger partial charge < -0.3 is 43.2 Å². The van der Waals surface area contributed by atoms with Crippen molar-refractivity contribution in [3.8, 4) is 0 Å². The molecule has 2 aliphatic heterocycles. The van der Waals surface area contributed by atoms with Crippen LogP contribution < -0.4 is 0 Å². The van der Waals surface area contributed by atoms with Gasteiger partial charge in [0, 0.05) is 38.5 Å². The lowest BCUT2D eigenvalue weighted by Crippen LogP contribution is -2.61. The van der Waals surface area contributed by atoms with Crippen molar-refractivity contribution in [2.24, 2.45) is 17.8 Å². The summed E-state index contributed by atoms with van der Waals surface area (Å²) in [5, 5.41) is 11.4. The molecule has 2 heterocycles. The standard InChI is InChI=1S/C38H53NO11/c1-24-25(2)32(48-28(5)40)37(47-27(24)4)49-33-31(41)26(3)36(50-34(33)35(42)44-6)45-21-15-9-14-20-39(22-29-16-10-7-11-17-29)38(43)46-23-30-18-12-8-13-19-30/h7-8,10-13,16-19,24-27,31-34,36-37,41H,9,14-15,20-23H2,1-6H3/t24-,25?,26?,27+,31-,32?,33-,34?,36+,37+/m1/s1. The monoisotopic (exact) mass is 699 g/mol. The molecule has 1 amide bonds. The zero-order valence-electron chi connectivity index (χ0n) is 30.0. The van der Waals surface area contributed by atoms with Gasteiger partial charge in [-0.2, -0.15) is 0 Å². The number of aliphatic hydroxyl groups excluding tert-OH is 1. The average Bonchev–Trinajstić information content (AvgIpc) is 3.11. The molecule has 276 valence electrons. The Kier molecular flexibility index (Phi) is 15.0. The molecule has 0 radical (unpaired) electrons. The minimum Gasteiger partial charge on any atom is -0.467 e. The van der Waals surface area contributed by atoms with Crippen LogP contribution in [0.1, 0.15) is 65.0 Å². The number of benzene rings is 2. The van der Waals surface area contributed by atoms with Crippen molar-refractivity contribution >= 4 is 18.0 Å². The van der Waals surface area contributed by atoms with E-state index in [0.717, 1.165) is 17.5 Å². The fourth-order valence-electron chi connectivity index (χ4n) is 6.27. The second-order valence-electron chi connectivity index (χ2n) is 13.3. The molecule has 12 heteroatoms. The number of methoxy groups -OCH3 is 1. The Labute approximate surface area is 295 Å². The van der Waals surface area contributed by atoms with E-state index in [9.17, 15) is 19.5 Å². The first kappa shape index (κ1) is 39.2. The Morgan fingerprint density at radius 3 is 2.10 bits per heavy atom. The van der Waals surface area contributed by atoms with Crippen LogP contribution in [0.4, 0.5) is 4.79 Å². The maximum atomic E-state index is 13.0. The minimum atomic E-state index is -1.31. The summed E-state index contributed by atoms with van der Waals surface area (Å²) >= 11 is 0. The van der Waals surface area contributed by atoms with Gasteiger partial charge in [-0.3, -0.25) is 4.79 Å². The first-order valence-electron chi connectivity index (χ1n) is 17.5. The fourth-order valence-corrected chi connectivity index (χ4v) is 6.27. The van der Waals surface area contributed by atoms with Crippen LogP contribution in [0.2, 0.25) is 0 Å². The summed E-state index contributed by atoms with van der Waals surface area (Å²) in [5.41, 5.74) is 1.93. The fraction of sp³-hybridized carbons (Fsp3) is 0.605. The van der Waals surface area contributed by atoms with Gasteiger partial charge in [-0.05, 0) is 43.2 Å². The SMILES string of the molecule is COC(=O)C1O[C@H](OCCCCCN(Cc2ccccc2)C(=O)OCc2ccccc2)C(C)[C@@H](O)[C@H]1O[C@@H]1O[C@@H](C)[C@H](C)C(C)C1OC(C)=O. The first-order chi connectivity index (χ1) is 24.0. The largest absolute Gasteiger partial charge is 0.467 e. The van der Waals surface area contributed by atoms with Crippen LogP contribution in [-0.4, -0.2) is 91.4 Å². The molecule has 0 saturated carbocycles. The number of hydrogen-bond donors (Lipinski definition) is 1. The molecule has 2 saturated heterocycles. The summed E-state index contributed by atoms with van der Waals surface area (Å²) in [4.78, 5) is 39.6. The molecule has 2 aliphatic rings. The normalized spacial score (nSPS) is 29.5. The van der Waals surface area contributed by atoms with Crippen LogP contribution in [0.25, 0.3) is 0 Å². The third kappa shape index (κ3) is 10.7. The third-order valence-corrected chi connectivity index (χ3v) is 9.65. The number of hydrogen-bond acceptors (Lipinski definition) is 11. The molecule has 10 atom stereocenters. The predicted molar refractivity (Wildman–Crippen MR) is 182 cm³/mol. The van der Waals surface area contributed by atoms with E-state index < -0.39 is 54.9 Å². The lowest BCUT2D eigenvalue weighted by atomic mass is 9.84. The molecule has 12 nitrogen and oxygen atoms in total. The number of ether oxygens (including phenoxy) is 7. The topological polar surface area (TPSA) is 139 Å². The second-order valence-corrected chi connectivity index (χ2v) is 13.3. The summed E-state index contributed by atoms with van der Waals surface area (Å²) < 4.78 is 40.6. The molecule has 2 fully saturated rings. The van der Waals surface area contributed by atoms with Crippen LogP contribution in [0.3, 0.4) is 0 Å². The van der Waals surface area contributed by atoms with Gasteiger partial charge in [-0.25, -0.2) is 9.59 Å². The number of esters is 2. The van der Waals surface area contributed by atoms with E-state index in [-0.39, 0.29) is 30.6 Å². The lowest BCUT2D eigenvalue weighted by Gasteiger charge is -2.47. The molecular formula is C38H53NO11. The number of amides is 1. The van der Waals surface area contributed by atoms with Crippen molar-refractivity contribution in [1.82, 2.24) is 4.90 Å². The highest BCUT2D eigenvalue weighted by Crippen LogP contribution is 2.37. The van der Waals surface area contributed by atoms with E-state index in [1.165, 1.54) is 14.0 Å². The molecule has 1 N–H and O–H groups in total. The molecule has 2 aromatic rings. The zero-order valence-corrected chi connectivity index (χ0v) is 30.0. The Bertz CT molecular complexity index is 1340. The van der Waals surface area contributed by atoms with Gasteiger partial charge in [0.25, 0.3) is 0 Å². The van der Waals surface area contributed by atoms with Crippen molar-refractivity contribution in [2.45, 2.75) is 110 Å². The van der Waals surface area contributed by atoms with E-state index in [4.69, 9.17) is 33.2 Å². The summed E-state index contributed by atoms with van der Waals surface area (Å²) in [7, 11) is 1.23. The Hall–Kier alpha value is -3.55. The number of rotatable bonds is 15. The minimum absolute atomic E-state index is 0.0697. The van der Waals surface area contributed by atoms with E-state index in [2.05, 4.69) is 0 Å². The van der Waals surface area contributed by atoms with Gasteiger partial charge >= 0.3 is 18.0 Å². The van der Waals surface area contributed by atoms with Gasteiger partial charge in [0.2, 0.25) is 0 Å². The summed E-state index contributed by atoms with van der Waals surface area (Å²) in [6.45, 7) is 10.3. The highest BCUT2D eigenvalue weighted by Gasteiger charge is 2.52. The van der Waals surface area contributed by atoms with Crippen molar-refractivity contribution in [2.75, 3.05) is 20.3 Å². The van der Waals surface area contributed by atoms with Gasteiger partial charge in [0.1, 0.15) is 12.7 Å². The van der Waals surface area contributed by atoms with Gasteiger partial charge in [0.15, 0.2) is 24.8 Å². The number of carbonyl (C=O) groups excluding carboxylic acids is 3. The van der Waals surface area contributed by atoms with E-state index in [1.54, 1.807) is 11.8 Å². The molecule has 0 spiro atoms. The van der Waals surface area contributed by atoms with E-state index >= 15 is 0 Å². The number of nitrogens with zero attached hydrogens (tertiary/aromatic N) is 1. The Morgan fingerprint density at radius 1 is 0.800 bits per heavy atom. The maximum absolute atomic E-state index is 13.0. The zero-order chi connectivity index (χ0) is 36.2. The van der Waals surface area contributed by atoms with E-state index in [0.29, 0.717) is 32.5 Å². The van der Waals surface area contributed by atoms with Gasteiger partial charge in [-0.1, -0.05) is 81.4 Å². The highest BCUT2D eigenvalue weighted by atomic mass is 16.7. The van der Waals surface area contributed by atoms with Gasteiger partial charge in [-0.15, -0.1) is 0 Å². The summed E-state index contributed by atoms with van der Waals surface area (Å²) in [6.07, 6.45) is -4.84. The number of aliphatic hydroxyl groups is 1. The maximum Gasteiger partial charge on any atom is 0.410 e. The molecule has 4 unspecified atom stereocenters. The quantitative estimate of drug-likeness (QED) is 0.148. The van der Waals surface area contributed by atoms with Crippen LogP contribution in [0.15, 0.2) is 60.7 Å². The van der Waals surface area contributed by atoms with Crippen molar-refractivity contribution in [1.29, 1.82) is 0 Å². The Morgan fingerprint density at radius 2 is 1.46 bits per heavy atom. The smallest absolute Gasteiger partial charge is 0.410 e. The van der Waals surface area contributed by atoms with Gasteiger partial charge in [0.05, 0.1) is 19.3 Å². The number of unbranched alkanes of at least 4 members (excludes halogenated alkanes) is 2. The molecular weight excluding hydrogens is 646 g/mol. The van der Waals surface area contributed by atoms with Crippen molar-refractivity contribution < 1.29 is 52.6 Å². The lowest BCUT2D eigenvalue weighted by molar-refractivity contribution is -0.336. The van der Waals surface area contributed by atoms with Crippen molar-refractivity contribution in [3.05, 3.63) is 71.8 Å². The first-order valence-corrected chi connectivity index (χ1v) is 17.5. The third-order valence-electron chi connectivity index (χ3n) is 9.65. The molecule has 0 bridgehead atoms. The Balaban J connectivity index is 1.30. The number of carbonyl (C=O) groups is 3. The molecule has 50 heavy (non-hydrogen) atoms. The molecule has 2 aromatic carbocycles. The van der Waals surface area contributed by atoms with Crippen molar-refractivity contribution in [3.63, 3.8) is 0 Å². The highest BCUT2D eigenvalue weighted by molar-refractivity contribution is 5.75. The summed E-state index contributed by atoms with van der Waals surface area (Å²) in [6, 6.07) is 19.3. The average molecular weight is 700 g/mol. The van der Waals surface area contributed by atoms with Crippen LogP contribution in [0, 0.1) is 17.8 Å². The van der Waals surface area contributed by atoms with E-state index in [1.807, 2.05) is 81.4 Å². The molecule has 0 aliphatic carbocycles.